The third kappa shape index (κ3) is 5.15. The van der Waals surface area contributed by atoms with Crippen LogP contribution in [-0.4, -0.2) is 26.8 Å². The van der Waals surface area contributed by atoms with Crippen LogP contribution >= 0.6 is 23.2 Å². The molecule has 1 aromatic carbocycles. The van der Waals surface area contributed by atoms with Crippen LogP contribution in [0.15, 0.2) is 18.2 Å². The second kappa shape index (κ2) is 8.76. The molecule has 0 radical (unpaired) electrons. The second-order valence-electron chi connectivity index (χ2n) is 4.38. The summed E-state index contributed by atoms with van der Waals surface area (Å²) in [4.78, 5) is 0. The van der Waals surface area contributed by atoms with Gasteiger partial charge >= 0.3 is 0 Å². The van der Waals surface area contributed by atoms with Crippen LogP contribution in [0.25, 0.3) is 0 Å². The molecule has 2 nitrogen and oxygen atoms in total. The maximum atomic E-state index is 6.19. The van der Waals surface area contributed by atoms with Crippen LogP contribution in [0.4, 0.5) is 0 Å². The molecular formula is C14H21Cl2NO. The van der Waals surface area contributed by atoms with Crippen molar-refractivity contribution in [1.29, 1.82) is 0 Å². The van der Waals surface area contributed by atoms with E-state index in [1.807, 2.05) is 18.2 Å². The normalized spacial score (nSPS) is 12.7. The lowest BCUT2D eigenvalue weighted by molar-refractivity contribution is 0.197. The van der Waals surface area contributed by atoms with Crippen LogP contribution < -0.4 is 5.32 Å². The van der Waals surface area contributed by atoms with Gasteiger partial charge in [0.2, 0.25) is 0 Å². The molecule has 1 aromatic rings. The minimum atomic E-state index is 0.541. The maximum Gasteiger partial charge on any atom is 0.0587 e. The first-order valence-electron chi connectivity index (χ1n) is 6.31. The van der Waals surface area contributed by atoms with Crippen molar-refractivity contribution in [3.05, 3.63) is 33.8 Å². The van der Waals surface area contributed by atoms with Crippen molar-refractivity contribution in [2.24, 2.45) is 5.92 Å². The highest BCUT2D eigenvalue weighted by molar-refractivity contribution is 6.35. The number of hydrogen-bond acceptors (Lipinski definition) is 2. The molecule has 0 aliphatic carbocycles. The summed E-state index contributed by atoms with van der Waals surface area (Å²) in [5.74, 6) is 0.541. The maximum absolute atomic E-state index is 6.19. The molecule has 0 aliphatic rings. The third-order valence-corrected chi connectivity index (χ3v) is 3.76. The number of ether oxygens (including phenoxy) is 1. The van der Waals surface area contributed by atoms with E-state index in [4.69, 9.17) is 27.9 Å². The molecule has 0 heterocycles. The summed E-state index contributed by atoms with van der Waals surface area (Å²) in [7, 11) is 1.71. The Balaban J connectivity index is 2.52. The Labute approximate surface area is 120 Å². The van der Waals surface area contributed by atoms with Gasteiger partial charge in [0.05, 0.1) is 6.61 Å². The Bertz CT molecular complexity index is 337. The summed E-state index contributed by atoms with van der Waals surface area (Å²) in [5, 5.41) is 4.91. The Morgan fingerprint density at radius 2 is 1.94 bits per heavy atom. The van der Waals surface area contributed by atoms with Gasteiger partial charge in [-0.3, -0.25) is 0 Å². The molecule has 4 heteroatoms. The van der Waals surface area contributed by atoms with Crippen molar-refractivity contribution in [3.63, 3.8) is 0 Å². The second-order valence-corrected chi connectivity index (χ2v) is 5.19. The SMILES string of the molecule is CCC(CNCCOC)Cc1c(Cl)cccc1Cl. The van der Waals surface area contributed by atoms with E-state index in [0.29, 0.717) is 5.92 Å². The quantitative estimate of drug-likeness (QED) is 0.735. The Kier molecular flexibility index (Phi) is 7.68. The first-order chi connectivity index (χ1) is 8.69. The zero-order valence-corrected chi connectivity index (χ0v) is 12.5. The summed E-state index contributed by atoms with van der Waals surface area (Å²) >= 11 is 12.4. The van der Waals surface area contributed by atoms with Crippen molar-refractivity contribution >= 4 is 23.2 Å². The number of rotatable bonds is 8. The van der Waals surface area contributed by atoms with Crippen molar-refractivity contribution in [1.82, 2.24) is 5.32 Å². The van der Waals surface area contributed by atoms with Crippen LogP contribution in [0.5, 0.6) is 0 Å². The molecule has 102 valence electrons. The zero-order chi connectivity index (χ0) is 13.4. The lowest BCUT2D eigenvalue weighted by Gasteiger charge is -2.17. The lowest BCUT2D eigenvalue weighted by atomic mass is 9.96. The molecule has 1 atom stereocenters. The summed E-state index contributed by atoms with van der Waals surface area (Å²) < 4.78 is 5.01. The highest BCUT2D eigenvalue weighted by Crippen LogP contribution is 2.27. The molecule has 1 N–H and O–H groups in total. The average molecular weight is 290 g/mol. The number of nitrogens with one attached hydrogen (secondary N) is 1. The largest absolute Gasteiger partial charge is 0.383 e. The molecule has 0 saturated carbocycles. The molecule has 0 aromatic heterocycles. The summed E-state index contributed by atoms with van der Waals surface area (Å²) in [6.45, 7) is 4.77. The Morgan fingerprint density at radius 3 is 2.50 bits per heavy atom. The standard InChI is InChI=1S/C14H21Cl2NO/c1-3-11(10-17-7-8-18-2)9-12-13(15)5-4-6-14(12)16/h4-6,11,17H,3,7-10H2,1-2H3. The summed E-state index contributed by atoms with van der Waals surface area (Å²) in [6, 6.07) is 5.67. The van der Waals surface area contributed by atoms with E-state index in [-0.39, 0.29) is 0 Å². The minimum Gasteiger partial charge on any atom is -0.383 e. The molecule has 1 rings (SSSR count). The first-order valence-corrected chi connectivity index (χ1v) is 7.07. The van der Waals surface area contributed by atoms with E-state index in [1.165, 1.54) is 0 Å². The van der Waals surface area contributed by atoms with Gasteiger partial charge in [0.1, 0.15) is 0 Å². The lowest BCUT2D eigenvalue weighted by Crippen LogP contribution is -2.27. The molecule has 0 saturated heterocycles. The first kappa shape index (κ1) is 15.8. The number of hydrogen-bond donors (Lipinski definition) is 1. The Hall–Kier alpha value is -0.280. The van der Waals surface area contributed by atoms with Gasteiger partial charge in [-0.25, -0.2) is 0 Å². The molecule has 0 amide bonds. The molecule has 0 aliphatic heterocycles. The van der Waals surface area contributed by atoms with E-state index in [0.717, 1.165) is 48.1 Å². The van der Waals surface area contributed by atoms with Crippen LogP contribution in [0.2, 0.25) is 10.0 Å². The third-order valence-electron chi connectivity index (χ3n) is 3.05. The van der Waals surface area contributed by atoms with Gasteiger partial charge in [-0.15, -0.1) is 0 Å². The number of halogens is 2. The van der Waals surface area contributed by atoms with E-state index >= 15 is 0 Å². The van der Waals surface area contributed by atoms with Gasteiger partial charge in [0.25, 0.3) is 0 Å². The molecule has 0 spiro atoms. The topological polar surface area (TPSA) is 21.3 Å². The molecular weight excluding hydrogens is 269 g/mol. The molecule has 18 heavy (non-hydrogen) atoms. The number of methoxy groups -OCH3 is 1. The van der Waals surface area contributed by atoms with Crippen LogP contribution in [-0.2, 0) is 11.2 Å². The van der Waals surface area contributed by atoms with E-state index in [9.17, 15) is 0 Å². The van der Waals surface area contributed by atoms with Crippen molar-refractivity contribution < 1.29 is 4.74 Å². The van der Waals surface area contributed by atoms with Crippen LogP contribution in [0.3, 0.4) is 0 Å². The number of benzene rings is 1. The van der Waals surface area contributed by atoms with Gasteiger partial charge in [0.15, 0.2) is 0 Å². The van der Waals surface area contributed by atoms with Crippen molar-refractivity contribution in [3.8, 4) is 0 Å². The fourth-order valence-corrected chi connectivity index (χ4v) is 2.41. The highest BCUT2D eigenvalue weighted by Gasteiger charge is 2.12. The van der Waals surface area contributed by atoms with Gasteiger partial charge < -0.3 is 10.1 Å². The molecule has 0 fully saturated rings. The van der Waals surface area contributed by atoms with E-state index < -0.39 is 0 Å². The summed E-state index contributed by atoms with van der Waals surface area (Å²) in [5.41, 5.74) is 1.06. The molecule has 1 unspecified atom stereocenters. The van der Waals surface area contributed by atoms with Gasteiger partial charge in [-0.05, 0) is 36.6 Å². The van der Waals surface area contributed by atoms with Gasteiger partial charge in [-0.1, -0.05) is 42.6 Å². The fourth-order valence-electron chi connectivity index (χ4n) is 1.86. The minimum absolute atomic E-state index is 0.541. The van der Waals surface area contributed by atoms with Gasteiger partial charge in [0, 0.05) is 23.7 Å². The van der Waals surface area contributed by atoms with Crippen molar-refractivity contribution in [2.45, 2.75) is 19.8 Å². The highest BCUT2D eigenvalue weighted by atomic mass is 35.5. The summed E-state index contributed by atoms with van der Waals surface area (Å²) in [6.07, 6.45) is 2.01. The van der Waals surface area contributed by atoms with Crippen LogP contribution in [0.1, 0.15) is 18.9 Å². The van der Waals surface area contributed by atoms with E-state index in [2.05, 4.69) is 12.2 Å². The zero-order valence-electron chi connectivity index (χ0n) is 11.0. The monoisotopic (exact) mass is 289 g/mol. The predicted molar refractivity (Wildman–Crippen MR) is 78.7 cm³/mol. The van der Waals surface area contributed by atoms with Crippen LogP contribution in [0, 0.1) is 5.92 Å². The van der Waals surface area contributed by atoms with Crippen molar-refractivity contribution in [2.75, 3.05) is 26.8 Å². The Morgan fingerprint density at radius 1 is 1.28 bits per heavy atom. The molecule has 0 bridgehead atoms. The predicted octanol–water partition coefficient (Wildman–Crippen LogP) is 3.80. The smallest absolute Gasteiger partial charge is 0.0587 e. The van der Waals surface area contributed by atoms with E-state index in [1.54, 1.807) is 7.11 Å². The fraction of sp³-hybridized carbons (Fsp3) is 0.571. The van der Waals surface area contributed by atoms with Gasteiger partial charge in [-0.2, -0.15) is 0 Å². The average Bonchev–Trinajstić information content (AvgIpc) is 2.36.